The van der Waals surface area contributed by atoms with Crippen molar-refractivity contribution < 1.29 is 4.74 Å². The standard InChI is InChI=1S/C22H18Cl4N4O/c1-14-19(22(26)30(28-14)17-5-2-15(23)3-6-17)12-31-21(11-29-9-8-27-13-29)18-7-4-16(24)10-20(18)25/h2-10,13,21H,11-12H2,1H3. The van der Waals surface area contributed by atoms with E-state index in [4.69, 9.17) is 51.1 Å². The van der Waals surface area contributed by atoms with Crippen molar-refractivity contribution in [3.05, 3.63) is 98.2 Å². The lowest BCUT2D eigenvalue weighted by molar-refractivity contribution is 0.0278. The number of aryl methyl sites for hydroxylation is 1. The van der Waals surface area contributed by atoms with Gasteiger partial charge in [0.2, 0.25) is 0 Å². The molecule has 1 atom stereocenters. The van der Waals surface area contributed by atoms with Crippen molar-refractivity contribution in [3.63, 3.8) is 0 Å². The molecule has 0 saturated heterocycles. The van der Waals surface area contributed by atoms with Gasteiger partial charge < -0.3 is 9.30 Å². The molecule has 160 valence electrons. The van der Waals surface area contributed by atoms with Crippen LogP contribution in [0.4, 0.5) is 0 Å². The van der Waals surface area contributed by atoms with Crippen LogP contribution in [0, 0.1) is 6.92 Å². The van der Waals surface area contributed by atoms with Gasteiger partial charge in [0.25, 0.3) is 0 Å². The first kappa shape index (κ1) is 22.2. The predicted octanol–water partition coefficient (Wildman–Crippen LogP) is 6.95. The molecule has 2 heterocycles. The van der Waals surface area contributed by atoms with E-state index in [0.717, 1.165) is 22.5 Å². The highest BCUT2D eigenvalue weighted by Crippen LogP contribution is 2.32. The Labute approximate surface area is 200 Å². The van der Waals surface area contributed by atoms with Crippen LogP contribution in [-0.2, 0) is 17.9 Å². The first-order valence-electron chi connectivity index (χ1n) is 9.44. The lowest BCUT2D eigenvalue weighted by Gasteiger charge is -2.20. The summed E-state index contributed by atoms with van der Waals surface area (Å²) in [4.78, 5) is 4.10. The minimum Gasteiger partial charge on any atom is -0.367 e. The predicted molar refractivity (Wildman–Crippen MR) is 125 cm³/mol. The molecule has 0 aliphatic rings. The van der Waals surface area contributed by atoms with Crippen molar-refractivity contribution >= 4 is 46.4 Å². The number of rotatable bonds is 7. The number of halogens is 4. The van der Waals surface area contributed by atoms with Gasteiger partial charge in [-0.2, -0.15) is 5.10 Å². The molecule has 0 aliphatic heterocycles. The average molecular weight is 496 g/mol. The van der Waals surface area contributed by atoms with E-state index in [1.165, 1.54) is 0 Å². The monoisotopic (exact) mass is 494 g/mol. The Bertz CT molecular complexity index is 1170. The van der Waals surface area contributed by atoms with E-state index in [-0.39, 0.29) is 12.7 Å². The molecular weight excluding hydrogens is 478 g/mol. The summed E-state index contributed by atoms with van der Waals surface area (Å²) in [7, 11) is 0. The number of imidazole rings is 1. The summed E-state index contributed by atoms with van der Waals surface area (Å²) in [6, 6.07) is 12.7. The molecule has 0 spiro atoms. The molecule has 0 N–H and O–H groups in total. The Hall–Kier alpha value is -2.02. The Kier molecular flexibility index (Phi) is 6.89. The zero-order chi connectivity index (χ0) is 22.0. The molecule has 2 aromatic carbocycles. The Morgan fingerprint density at radius 2 is 1.74 bits per heavy atom. The summed E-state index contributed by atoms with van der Waals surface area (Å²) in [5.74, 6) is 0. The summed E-state index contributed by atoms with van der Waals surface area (Å²) in [6.45, 7) is 2.69. The molecular formula is C22H18Cl4N4O. The molecule has 2 aromatic heterocycles. The fourth-order valence-corrected chi connectivity index (χ4v) is 4.21. The number of hydrogen-bond acceptors (Lipinski definition) is 3. The van der Waals surface area contributed by atoms with Gasteiger partial charge in [0, 0.05) is 38.6 Å². The molecule has 5 nitrogen and oxygen atoms in total. The minimum absolute atomic E-state index is 0.260. The molecule has 31 heavy (non-hydrogen) atoms. The van der Waals surface area contributed by atoms with Crippen LogP contribution in [0.1, 0.15) is 22.9 Å². The van der Waals surface area contributed by atoms with Crippen LogP contribution in [0.5, 0.6) is 0 Å². The first-order valence-corrected chi connectivity index (χ1v) is 11.0. The van der Waals surface area contributed by atoms with Gasteiger partial charge in [0.1, 0.15) is 11.3 Å². The van der Waals surface area contributed by atoms with Gasteiger partial charge in [-0.3, -0.25) is 0 Å². The highest BCUT2D eigenvalue weighted by molar-refractivity contribution is 6.35. The molecule has 4 rings (SSSR count). The smallest absolute Gasteiger partial charge is 0.138 e. The van der Waals surface area contributed by atoms with E-state index in [1.54, 1.807) is 41.5 Å². The van der Waals surface area contributed by atoms with Crippen LogP contribution in [-0.4, -0.2) is 19.3 Å². The van der Waals surface area contributed by atoms with Gasteiger partial charge in [-0.15, -0.1) is 0 Å². The van der Waals surface area contributed by atoms with Crippen LogP contribution < -0.4 is 0 Å². The third-order valence-corrected chi connectivity index (χ3v) is 6.07. The van der Waals surface area contributed by atoms with Gasteiger partial charge in [-0.1, -0.05) is 52.5 Å². The summed E-state index contributed by atoms with van der Waals surface area (Å²) >= 11 is 25.2. The maximum atomic E-state index is 6.66. The van der Waals surface area contributed by atoms with E-state index in [1.807, 2.05) is 35.9 Å². The minimum atomic E-state index is -0.340. The summed E-state index contributed by atoms with van der Waals surface area (Å²) in [5, 5.41) is 6.81. The van der Waals surface area contributed by atoms with Crippen molar-refractivity contribution in [2.24, 2.45) is 0 Å². The summed E-state index contributed by atoms with van der Waals surface area (Å²) in [5.41, 5.74) is 3.24. The van der Waals surface area contributed by atoms with E-state index in [0.29, 0.717) is 26.8 Å². The quantitative estimate of drug-likeness (QED) is 0.278. The van der Waals surface area contributed by atoms with Crippen molar-refractivity contribution in [2.75, 3.05) is 0 Å². The molecule has 0 fully saturated rings. The van der Waals surface area contributed by atoms with Crippen molar-refractivity contribution in [1.29, 1.82) is 0 Å². The number of aromatic nitrogens is 4. The van der Waals surface area contributed by atoms with E-state index in [9.17, 15) is 0 Å². The van der Waals surface area contributed by atoms with Crippen LogP contribution in [0.25, 0.3) is 5.69 Å². The number of hydrogen-bond donors (Lipinski definition) is 0. The second-order valence-electron chi connectivity index (χ2n) is 6.97. The maximum Gasteiger partial charge on any atom is 0.138 e. The first-order chi connectivity index (χ1) is 14.9. The molecule has 1 unspecified atom stereocenters. The molecule has 4 aromatic rings. The zero-order valence-electron chi connectivity index (χ0n) is 16.5. The molecule has 0 radical (unpaired) electrons. The lowest BCUT2D eigenvalue weighted by Crippen LogP contribution is -2.13. The number of nitrogens with zero attached hydrogens (tertiary/aromatic N) is 4. The lowest BCUT2D eigenvalue weighted by atomic mass is 10.1. The van der Waals surface area contributed by atoms with E-state index in [2.05, 4.69) is 10.1 Å². The normalized spacial score (nSPS) is 12.3. The molecule has 0 bridgehead atoms. The summed E-state index contributed by atoms with van der Waals surface area (Å²) < 4.78 is 9.91. The highest BCUT2D eigenvalue weighted by atomic mass is 35.5. The van der Waals surface area contributed by atoms with Crippen molar-refractivity contribution in [2.45, 2.75) is 26.2 Å². The Balaban J connectivity index is 1.60. The SMILES string of the molecule is Cc1nn(-c2ccc(Cl)cc2)c(Cl)c1COC(Cn1ccnc1)c1ccc(Cl)cc1Cl. The van der Waals surface area contributed by atoms with Gasteiger partial charge in [-0.25, -0.2) is 9.67 Å². The third-order valence-electron chi connectivity index (χ3n) is 4.87. The van der Waals surface area contributed by atoms with Crippen LogP contribution in [0.3, 0.4) is 0 Å². The van der Waals surface area contributed by atoms with Crippen LogP contribution in [0.2, 0.25) is 20.2 Å². The van der Waals surface area contributed by atoms with Gasteiger partial charge in [0.05, 0.1) is 30.9 Å². The van der Waals surface area contributed by atoms with Gasteiger partial charge >= 0.3 is 0 Å². The molecule has 9 heteroatoms. The Morgan fingerprint density at radius 1 is 1.00 bits per heavy atom. The van der Waals surface area contributed by atoms with Crippen LogP contribution in [0.15, 0.2) is 61.2 Å². The van der Waals surface area contributed by atoms with E-state index >= 15 is 0 Å². The largest absolute Gasteiger partial charge is 0.367 e. The van der Waals surface area contributed by atoms with E-state index < -0.39 is 0 Å². The average Bonchev–Trinajstić information content (AvgIpc) is 3.34. The van der Waals surface area contributed by atoms with Gasteiger partial charge in [-0.05, 0) is 43.3 Å². The molecule has 0 aliphatic carbocycles. The fraction of sp³-hybridized carbons (Fsp3) is 0.182. The van der Waals surface area contributed by atoms with Crippen molar-refractivity contribution in [1.82, 2.24) is 19.3 Å². The number of ether oxygens (including phenoxy) is 1. The highest BCUT2D eigenvalue weighted by Gasteiger charge is 2.20. The summed E-state index contributed by atoms with van der Waals surface area (Å²) in [6.07, 6.45) is 4.99. The van der Waals surface area contributed by atoms with Crippen molar-refractivity contribution in [3.8, 4) is 5.69 Å². The third kappa shape index (κ3) is 5.08. The molecule has 0 saturated carbocycles. The number of benzene rings is 2. The zero-order valence-corrected chi connectivity index (χ0v) is 19.5. The van der Waals surface area contributed by atoms with Crippen LogP contribution >= 0.6 is 46.4 Å². The Morgan fingerprint density at radius 3 is 2.42 bits per heavy atom. The van der Waals surface area contributed by atoms with Gasteiger partial charge in [0.15, 0.2) is 0 Å². The maximum absolute atomic E-state index is 6.66. The fourth-order valence-electron chi connectivity index (χ4n) is 3.22. The second-order valence-corrected chi connectivity index (χ2v) is 8.61. The molecule has 0 amide bonds. The second kappa shape index (κ2) is 9.63. The topological polar surface area (TPSA) is 44.9 Å².